The van der Waals surface area contributed by atoms with Crippen LogP contribution in [0.5, 0.6) is 5.75 Å². The number of rotatable bonds is 3. The number of nitriles is 1. The largest absolute Gasteiger partial charge is 0.465 e. The summed E-state index contributed by atoms with van der Waals surface area (Å²) in [6.07, 6.45) is 0. The third-order valence-electron chi connectivity index (χ3n) is 1.73. The highest BCUT2D eigenvalue weighted by molar-refractivity contribution is 5.92. The summed E-state index contributed by atoms with van der Waals surface area (Å²) in [7, 11) is 1.10. The summed E-state index contributed by atoms with van der Waals surface area (Å²) in [6, 6.07) is 5.29. The molecule has 0 heterocycles. The van der Waals surface area contributed by atoms with Gasteiger partial charge in [0, 0.05) is 0 Å². The molecule has 4 nitrogen and oxygen atoms in total. The minimum absolute atomic E-state index is 0.155. The van der Waals surface area contributed by atoms with E-state index in [2.05, 4.69) is 9.47 Å². The van der Waals surface area contributed by atoms with Crippen LogP contribution in [0.1, 0.15) is 15.9 Å². The van der Waals surface area contributed by atoms with Gasteiger partial charge in [-0.05, 0) is 18.2 Å². The fraction of sp³-hybridized carbons (Fsp3) is 0.200. The van der Waals surface area contributed by atoms with Gasteiger partial charge in [-0.1, -0.05) is 0 Å². The van der Waals surface area contributed by atoms with Crippen LogP contribution in [0.15, 0.2) is 18.2 Å². The number of methoxy groups -OCH3 is 1. The van der Waals surface area contributed by atoms with E-state index in [1.165, 1.54) is 6.07 Å². The van der Waals surface area contributed by atoms with Gasteiger partial charge in [-0.25, -0.2) is 4.79 Å². The molecule has 16 heavy (non-hydrogen) atoms. The molecule has 0 fully saturated rings. The van der Waals surface area contributed by atoms with E-state index >= 15 is 0 Å². The summed E-state index contributed by atoms with van der Waals surface area (Å²) in [6.45, 7) is -3.05. The normalized spacial score (nSPS) is 9.69. The molecule has 0 aliphatic heterocycles. The van der Waals surface area contributed by atoms with Gasteiger partial charge in [0.05, 0.1) is 18.7 Å². The quantitative estimate of drug-likeness (QED) is 0.740. The number of hydrogen-bond donors (Lipinski definition) is 0. The van der Waals surface area contributed by atoms with Crippen LogP contribution in [0.25, 0.3) is 0 Å². The van der Waals surface area contributed by atoms with Gasteiger partial charge in [0.15, 0.2) is 0 Å². The zero-order chi connectivity index (χ0) is 12.1. The highest BCUT2D eigenvalue weighted by Crippen LogP contribution is 2.22. The number of carbonyl (C=O) groups is 1. The van der Waals surface area contributed by atoms with E-state index in [0.717, 1.165) is 19.2 Å². The molecule has 0 N–H and O–H groups in total. The third kappa shape index (κ3) is 2.67. The zero-order valence-corrected chi connectivity index (χ0v) is 8.24. The van der Waals surface area contributed by atoms with Crippen LogP contribution in [0.4, 0.5) is 8.78 Å². The van der Waals surface area contributed by atoms with E-state index in [0.29, 0.717) is 0 Å². The van der Waals surface area contributed by atoms with Crippen molar-refractivity contribution in [2.75, 3.05) is 7.11 Å². The monoisotopic (exact) mass is 227 g/mol. The van der Waals surface area contributed by atoms with Gasteiger partial charge in [-0.3, -0.25) is 0 Å². The summed E-state index contributed by atoms with van der Waals surface area (Å²) in [5.41, 5.74) is -0.0520. The Hall–Kier alpha value is -2.16. The number of esters is 1. The zero-order valence-electron chi connectivity index (χ0n) is 8.24. The summed E-state index contributed by atoms with van der Waals surface area (Å²) in [5.74, 6) is -1.16. The van der Waals surface area contributed by atoms with Crippen molar-refractivity contribution in [2.45, 2.75) is 6.61 Å². The molecular weight excluding hydrogens is 220 g/mol. The summed E-state index contributed by atoms with van der Waals surface area (Å²) >= 11 is 0. The maximum Gasteiger partial charge on any atom is 0.387 e. The van der Waals surface area contributed by atoms with E-state index in [9.17, 15) is 13.6 Å². The molecule has 6 heteroatoms. The molecule has 0 aromatic heterocycles. The van der Waals surface area contributed by atoms with Gasteiger partial charge < -0.3 is 9.47 Å². The molecule has 1 rings (SSSR count). The lowest BCUT2D eigenvalue weighted by atomic mass is 10.1. The van der Waals surface area contributed by atoms with Crippen LogP contribution in [0.2, 0.25) is 0 Å². The number of carbonyl (C=O) groups excluding carboxylic acids is 1. The highest BCUT2D eigenvalue weighted by atomic mass is 19.3. The van der Waals surface area contributed by atoms with E-state index in [1.54, 1.807) is 6.07 Å². The molecule has 0 bridgehead atoms. The van der Waals surface area contributed by atoms with Crippen molar-refractivity contribution in [2.24, 2.45) is 0 Å². The lowest BCUT2D eigenvalue weighted by Crippen LogP contribution is -2.09. The van der Waals surface area contributed by atoms with Crippen molar-refractivity contribution in [3.05, 3.63) is 29.3 Å². The van der Waals surface area contributed by atoms with Crippen LogP contribution >= 0.6 is 0 Å². The topological polar surface area (TPSA) is 59.3 Å². The summed E-state index contributed by atoms with van der Waals surface area (Å²) in [4.78, 5) is 11.2. The Morgan fingerprint density at radius 3 is 2.69 bits per heavy atom. The average molecular weight is 227 g/mol. The standard InChI is InChI=1S/C10H7F2NO3/c1-15-9(14)7-4-6(5-13)2-3-8(7)16-10(11)12/h2-4,10H,1H3. The highest BCUT2D eigenvalue weighted by Gasteiger charge is 2.16. The predicted molar refractivity (Wildman–Crippen MR) is 49.1 cm³/mol. The molecule has 0 saturated carbocycles. The maximum absolute atomic E-state index is 12.0. The third-order valence-corrected chi connectivity index (χ3v) is 1.73. The van der Waals surface area contributed by atoms with Crippen molar-refractivity contribution >= 4 is 5.97 Å². The molecule has 84 valence electrons. The number of nitrogens with zero attached hydrogens (tertiary/aromatic N) is 1. The Kier molecular flexibility index (Phi) is 3.78. The molecule has 1 aromatic carbocycles. The van der Waals surface area contributed by atoms with Crippen LogP contribution in [0, 0.1) is 11.3 Å². The van der Waals surface area contributed by atoms with E-state index in [4.69, 9.17) is 5.26 Å². The SMILES string of the molecule is COC(=O)c1cc(C#N)ccc1OC(F)F. The molecular formula is C10H7F2NO3. The number of hydrogen-bond acceptors (Lipinski definition) is 4. The summed E-state index contributed by atoms with van der Waals surface area (Å²) < 4.78 is 32.5. The lowest BCUT2D eigenvalue weighted by molar-refractivity contribution is -0.0504. The van der Waals surface area contributed by atoms with Crippen LogP contribution in [0.3, 0.4) is 0 Å². The fourth-order valence-electron chi connectivity index (χ4n) is 1.07. The number of halogens is 2. The Labute approximate surface area is 90.0 Å². The van der Waals surface area contributed by atoms with E-state index < -0.39 is 12.6 Å². The van der Waals surface area contributed by atoms with Crippen molar-refractivity contribution in [1.29, 1.82) is 5.26 Å². The minimum atomic E-state index is -3.05. The number of alkyl halides is 2. The molecule has 0 spiro atoms. The molecule has 0 aliphatic carbocycles. The van der Waals surface area contributed by atoms with Gasteiger partial charge in [-0.2, -0.15) is 14.0 Å². The maximum atomic E-state index is 12.0. The smallest absolute Gasteiger partial charge is 0.387 e. The first-order chi connectivity index (χ1) is 7.58. The molecule has 0 atom stereocenters. The van der Waals surface area contributed by atoms with Gasteiger partial charge in [0.25, 0.3) is 0 Å². The average Bonchev–Trinajstić information content (AvgIpc) is 2.28. The molecule has 0 amide bonds. The van der Waals surface area contributed by atoms with Gasteiger partial charge in [0.1, 0.15) is 11.3 Å². The van der Waals surface area contributed by atoms with Crippen molar-refractivity contribution in [3.8, 4) is 11.8 Å². The van der Waals surface area contributed by atoms with Gasteiger partial charge >= 0.3 is 12.6 Å². The summed E-state index contributed by atoms with van der Waals surface area (Å²) in [5, 5.41) is 8.60. The first-order valence-corrected chi connectivity index (χ1v) is 4.15. The second-order valence-corrected chi connectivity index (χ2v) is 2.69. The first kappa shape index (κ1) is 11.9. The minimum Gasteiger partial charge on any atom is -0.465 e. The Bertz CT molecular complexity index is 440. The van der Waals surface area contributed by atoms with Crippen LogP contribution < -0.4 is 4.74 Å². The lowest BCUT2D eigenvalue weighted by Gasteiger charge is -2.09. The Balaban J connectivity index is 3.17. The first-order valence-electron chi connectivity index (χ1n) is 4.15. The van der Waals surface area contributed by atoms with E-state index in [1.807, 2.05) is 0 Å². The van der Waals surface area contributed by atoms with E-state index in [-0.39, 0.29) is 16.9 Å². The van der Waals surface area contributed by atoms with Gasteiger partial charge in [0.2, 0.25) is 0 Å². The number of benzene rings is 1. The second-order valence-electron chi connectivity index (χ2n) is 2.69. The molecule has 1 aromatic rings. The van der Waals surface area contributed by atoms with Crippen molar-refractivity contribution in [1.82, 2.24) is 0 Å². The molecule has 0 aliphatic rings. The van der Waals surface area contributed by atoms with Crippen molar-refractivity contribution in [3.63, 3.8) is 0 Å². The second kappa shape index (κ2) is 5.07. The van der Waals surface area contributed by atoms with Crippen LogP contribution in [-0.4, -0.2) is 19.7 Å². The van der Waals surface area contributed by atoms with Crippen molar-refractivity contribution < 1.29 is 23.0 Å². The van der Waals surface area contributed by atoms with Gasteiger partial charge in [-0.15, -0.1) is 0 Å². The fourth-order valence-corrected chi connectivity index (χ4v) is 1.07. The van der Waals surface area contributed by atoms with Crippen LogP contribution in [-0.2, 0) is 4.74 Å². The molecule has 0 saturated heterocycles. The predicted octanol–water partition coefficient (Wildman–Crippen LogP) is 1.95. The molecule has 0 unspecified atom stereocenters. The Morgan fingerprint density at radius 1 is 1.50 bits per heavy atom. The molecule has 0 radical (unpaired) electrons. The number of ether oxygens (including phenoxy) is 2. The Morgan fingerprint density at radius 2 is 2.19 bits per heavy atom.